The van der Waals surface area contributed by atoms with E-state index in [9.17, 15) is 0 Å². The lowest BCUT2D eigenvalue weighted by molar-refractivity contribution is 0.682. The van der Waals surface area contributed by atoms with Crippen molar-refractivity contribution in [2.45, 2.75) is 53.4 Å². The SMILES string of the molecule is Cc1cc(C)nc(-n2nc(C(C)C)cc2C(C)C)n1. The van der Waals surface area contributed by atoms with Crippen molar-refractivity contribution >= 4 is 0 Å². The van der Waals surface area contributed by atoms with Gasteiger partial charge in [-0.1, -0.05) is 27.7 Å². The molecule has 0 spiro atoms. The summed E-state index contributed by atoms with van der Waals surface area (Å²) in [4.78, 5) is 9.02. The summed E-state index contributed by atoms with van der Waals surface area (Å²) in [5, 5.41) is 4.68. The summed E-state index contributed by atoms with van der Waals surface area (Å²) in [5.41, 5.74) is 4.19. The quantitative estimate of drug-likeness (QED) is 0.846. The molecule has 102 valence electrons. The highest BCUT2D eigenvalue weighted by atomic mass is 15.4. The monoisotopic (exact) mass is 258 g/mol. The third kappa shape index (κ3) is 2.83. The average Bonchev–Trinajstić information content (AvgIpc) is 2.72. The Morgan fingerprint density at radius 1 is 0.895 bits per heavy atom. The fraction of sp³-hybridized carbons (Fsp3) is 0.533. The lowest BCUT2D eigenvalue weighted by atomic mass is 10.1. The molecule has 0 aromatic carbocycles. The largest absolute Gasteiger partial charge is 0.251 e. The average molecular weight is 258 g/mol. The van der Waals surface area contributed by atoms with Crippen LogP contribution in [0, 0.1) is 13.8 Å². The molecule has 2 aromatic rings. The number of nitrogens with zero attached hydrogens (tertiary/aromatic N) is 4. The summed E-state index contributed by atoms with van der Waals surface area (Å²) >= 11 is 0. The van der Waals surface area contributed by atoms with E-state index in [0.29, 0.717) is 17.8 Å². The smallest absolute Gasteiger partial charge is 0.216 e. The van der Waals surface area contributed by atoms with Crippen molar-refractivity contribution in [1.29, 1.82) is 0 Å². The third-order valence-electron chi connectivity index (χ3n) is 3.10. The van der Waals surface area contributed by atoms with Crippen LogP contribution in [0.2, 0.25) is 0 Å². The number of rotatable bonds is 3. The molecule has 0 saturated heterocycles. The summed E-state index contributed by atoms with van der Waals surface area (Å²) in [6.45, 7) is 12.6. The first-order valence-corrected chi connectivity index (χ1v) is 6.81. The van der Waals surface area contributed by atoms with Gasteiger partial charge in [0.25, 0.3) is 5.95 Å². The minimum absolute atomic E-state index is 0.393. The molecule has 0 N–H and O–H groups in total. The molecular formula is C15H22N4. The molecule has 2 aromatic heterocycles. The van der Waals surface area contributed by atoms with Gasteiger partial charge in [-0.05, 0) is 37.8 Å². The molecule has 0 atom stereocenters. The van der Waals surface area contributed by atoms with Gasteiger partial charge in [-0.2, -0.15) is 5.10 Å². The van der Waals surface area contributed by atoms with Gasteiger partial charge in [0.1, 0.15) is 0 Å². The fourth-order valence-corrected chi connectivity index (χ4v) is 2.07. The summed E-state index contributed by atoms with van der Waals surface area (Å²) in [7, 11) is 0. The predicted molar refractivity (Wildman–Crippen MR) is 76.8 cm³/mol. The molecule has 2 rings (SSSR count). The van der Waals surface area contributed by atoms with E-state index in [-0.39, 0.29) is 0 Å². The molecule has 0 aliphatic rings. The normalized spacial score (nSPS) is 11.6. The first-order chi connectivity index (χ1) is 8.88. The highest BCUT2D eigenvalue weighted by Crippen LogP contribution is 2.22. The second-order valence-electron chi connectivity index (χ2n) is 5.67. The molecule has 0 aliphatic carbocycles. The second kappa shape index (κ2) is 5.11. The zero-order valence-electron chi connectivity index (χ0n) is 12.6. The van der Waals surface area contributed by atoms with Crippen LogP contribution in [-0.4, -0.2) is 19.7 Å². The molecule has 4 nitrogen and oxygen atoms in total. The van der Waals surface area contributed by atoms with E-state index in [2.05, 4.69) is 48.8 Å². The van der Waals surface area contributed by atoms with E-state index in [1.807, 2.05) is 24.6 Å². The number of hydrogen-bond acceptors (Lipinski definition) is 3. The van der Waals surface area contributed by atoms with E-state index in [1.54, 1.807) is 0 Å². The molecular weight excluding hydrogens is 236 g/mol. The summed E-state index contributed by atoms with van der Waals surface area (Å²) in [6.07, 6.45) is 0. The van der Waals surface area contributed by atoms with Crippen molar-refractivity contribution in [2.24, 2.45) is 0 Å². The zero-order chi connectivity index (χ0) is 14.2. The van der Waals surface area contributed by atoms with Crippen molar-refractivity contribution in [1.82, 2.24) is 19.7 Å². The van der Waals surface area contributed by atoms with Crippen LogP contribution in [0.3, 0.4) is 0 Å². The van der Waals surface area contributed by atoms with Gasteiger partial charge in [-0.15, -0.1) is 0 Å². The second-order valence-corrected chi connectivity index (χ2v) is 5.67. The van der Waals surface area contributed by atoms with Gasteiger partial charge >= 0.3 is 0 Å². The van der Waals surface area contributed by atoms with Gasteiger partial charge in [-0.25, -0.2) is 14.6 Å². The van der Waals surface area contributed by atoms with Crippen molar-refractivity contribution < 1.29 is 0 Å². The van der Waals surface area contributed by atoms with Crippen LogP contribution >= 0.6 is 0 Å². The number of aryl methyl sites for hydroxylation is 2. The van der Waals surface area contributed by atoms with Crippen LogP contribution < -0.4 is 0 Å². The lowest BCUT2D eigenvalue weighted by Gasteiger charge is -2.09. The van der Waals surface area contributed by atoms with E-state index < -0.39 is 0 Å². The maximum atomic E-state index is 4.68. The summed E-state index contributed by atoms with van der Waals surface area (Å²) in [5.74, 6) is 1.47. The van der Waals surface area contributed by atoms with Gasteiger partial charge < -0.3 is 0 Å². The Labute approximate surface area is 114 Å². The maximum Gasteiger partial charge on any atom is 0.251 e. The molecule has 0 fully saturated rings. The summed E-state index contributed by atoms with van der Waals surface area (Å²) in [6, 6.07) is 4.14. The van der Waals surface area contributed by atoms with E-state index in [4.69, 9.17) is 0 Å². The highest BCUT2D eigenvalue weighted by molar-refractivity contribution is 5.26. The molecule has 0 radical (unpaired) electrons. The van der Waals surface area contributed by atoms with Crippen molar-refractivity contribution in [2.75, 3.05) is 0 Å². The van der Waals surface area contributed by atoms with Gasteiger partial charge in [-0.3, -0.25) is 0 Å². The predicted octanol–water partition coefficient (Wildman–Crippen LogP) is 3.53. The molecule has 0 amide bonds. The van der Waals surface area contributed by atoms with Crippen LogP contribution in [-0.2, 0) is 0 Å². The standard InChI is InChI=1S/C15H22N4/c1-9(2)13-8-14(10(3)4)19(18-13)15-16-11(5)7-12(6)17-15/h7-10H,1-6H3. The molecule has 0 bridgehead atoms. The molecule has 0 saturated carbocycles. The van der Waals surface area contributed by atoms with Crippen molar-refractivity contribution in [3.05, 3.63) is 34.9 Å². The van der Waals surface area contributed by atoms with Crippen LogP contribution in [0.4, 0.5) is 0 Å². The first kappa shape index (κ1) is 13.7. The van der Waals surface area contributed by atoms with Crippen LogP contribution in [0.15, 0.2) is 12.1 Å². The lowest BCUT2D eigenvalue weighted by Crippen LogP contribution is -2.09. The van der Waals surface area contributed by atoms with Crippen LogP contribution in [0.25, 0.3) is 5.95 Å². The van der Waals surface area contributed by atoms with Crippen LogP contribution in [0.5, 0.6) is 0 Å². The Bertz CT molecular complexity index is 562. The Balaban J connectivity index is 2.59. The summed E-state index contributed by atoms with van der Waals surface area (Å²) < 4.78 is 1.89. The third-order valence-corrected chi connectivity index (χ3v) is 3.10. The Morgan fingerprint density at radius 2 is 1.47 bits per heavy atom. The zero-order valence-corrected chi connectivity index (χ0v) is 12.6. The van der Waals surface area contributed by atoms with Gasteiger partial charge in [0, 0.05) is 11.4 Å². The topological polar surface area (TPSA) is 43.6 Å². The van der Waals surface area contributed by atoms with E-state index in [1.165, 1.54) is 0 Å². The fourth-order valence-electron chi connectivity index (χ4n) is 2.07. The first-order valence-electron chi connectivity index (χ1n) is 6.81. The molecule has 0 aliphatic heterocycles. The molecule has 19 heavy (non-hydrogen) atoms. The molecule has 0 unspecified atom stereocenters. The van der Waals surface area contributed by atoms with E-state index >= 15 is 0 Å². The van der Waals surface area contributed by atoms with Crippen LogP contribution in [0.1, 0.15) is 62.3 Å². The van der Waals surface area contributed by atoms with Crippen molar-refractivity contribution in [3.63, 3.8) is 0 Å². The Kier molecular flexibility index (Phi) is 3.69. The van der Waals surface area contributed by atoms with Gasteiger partial charge in [0.05, 0.1) is 11.4 Å². The number of aromatic nitrogens is 4. The Hall–Kier alpha value is -1.71. The molecule has 2 heterocycles. The highest BCUT2D eigenvalue weighted by Gasteiger charge is 2.16. The minimum Gasteiger partial charge on any atom is -0.216 e. The Morgan fingerprint density at radius 3 is 1.95 bits per heavy atom. The van der Waals surface area contributed by atoms with E-state index in [0.717, 1.165) is 22.8 Å². The van der Waals surface area contributed by atoms with Gasteiger partial charge in [0.2, 0.25) is 0 Å². The van der Waals surface area contributed by atoms with Crippen molar-refractivity contribution in [3.8, 4) is 5.95 Å². The molecule has 4 heteroatoms. The number of hydrogen-bond donors (Lipinski definition) is 0. The minimum atomic E-state index is 0.393. The van der Waals surface area contributed by atoms with Gasteiger partial charge in [0.15, 0.2) is 0 Å². The maximum absolute atomic E-state index is 4.68.